The molecule has 0 aromatic carbocycles. The van der Waals surface area contributed by atoms with Gasteiger partial charge in [-0.1, -0.05) is 0 Å². The van der Waals surface area contributed by atoms with Crippen LogP contribution in [0.2, 0.25) is 0 Å². The van der Waals surface area contributed by atoms with Crippen molar-refractivity contribution in [2.75, 3.05) is 19.3 Å². The summed E-state index contributed by atoms with van der Waals surface area (Å²) in [5.74, 6) is -2.10. The first-order valence-electron chi connectivity index (χ1n) is 4.70. The summed E-state index contributed by atoms with van der Waals surface area (Å²) in [5, 5.41) is 9.12. The van der Waals surface area contributed by atoms with Crippen LogP contribution in [0.1, 0.15) is 19.3 Å². The first-order chi connectivity index (χ1) is 6.65. The van der Waals surface area contributed by atoms with Crippen molar-refractivity contribution in [1.82, 2.24) is 4.90 Å². The summed E-state index contributed by atoms with van der Waals surface area (Å²) in [6, 6.07) is 0. The maximum absolute atomic E-state index is 11.2. The van der Waals surface area contributed by atoms with Gasteiger partial charge in [-0.15, -0.1) is 0 Å². The van der Waals surface area contributed by atoms with Crippen LogP contribution in [0.4, 0.5) is 0 Å². The Bertz CT molecular complexity index is 232. The second-order valence-electron chi connectivity index (χ2n) is 3.39. The molecule has 1 aliphatic rings. The number of aliphatic carboxylic acids is 1. The number of thioether (sulfide) groups is 1. The van der Waals surface area contributed by atoms with Gasteiger partial charge in [-0.3, -0.25) is 4.79 Å². The molecule has 14 heavy (non-hydrogen) atoms. The van der Waals surface area contributed by atoms with E-state index in [0.717, 1.165) is 19.3 Å². The number of carbonyl (C=O) groups is 2. The smallest absolute Gasteiger partial charge is 0.394 e. The van der Waals surface area contributed by atoms with E-state index in [2.05, 4.69) is 6.26 Å². The molecular formula is C9H15NO3S. The molecule has 4 nitrogen and oxygen atoms in total. The summed E-state index contributed by atoms with van der Waals surface area (Å²) in [4.78, 5) is 23.1. The van der Waals surface area contributed by atoms with Crippen molar-refractivity contribution in [1.29, 1.82) is 0 Å². The third-order valence-corrected chi connectivity index (χ3v) is 3.62. The number of carbonyl (C=O) groups excluding carboxylic acids is 1. The molecule has 1 N–H and O–H groups in total. The number of carboxylic acid groups (broad SMARTS) is 1. The topological polar surface area (TPSA) is 57.6 Å². The minimum Gasteiger partial charge on any atom is -0.474 e. The molecule has 1 unspecified atom stereocenters. The number of likely N-dealkylation sites (tertiary alicyclic amines) is 1. The fourth-order valence-corrected chi connectivity index (χ4v) is 2.38. The van der Waals surface area contributed by atoms with E-state index < -0.39 is 11.9 Å². The van der Waals surface area contributed by atoms with Gasteiger partial charge in [-0.25, -0.2) is 4.79 Å². The highest BCUT2D eigenvalue weighted by atomic mass is 32.2. The number of hydrogen-bond acceptors (Lipinski definition) is 3. The van der Waals surface area contributed by atoms with Gasteiger partial charge in [-0.05, 0) is 25.5 Å². The monoisotopic (exact) mass is 217 g/mol. The zero-order chi connectivity index (χ0) is 10.6. The van der Waals surface area contributed by atoms with Crippen molar-refractivity contribution in [3.63, 3.8) is 0 Å². The minimum absolute atomic E-state index is 0.571. The Kier molecular flexibility index (Phi) is 4.25. The molecule has 1 atom stereocenters. The number of nitrogens with zero attached hydrogens (tertiary/aromatic N) is 1. The molecule has 1 saturated heterocycles. The van der Waals surface area contributed by atoms with Gasteiger partial charge in [0.05, 0.1) is 0 Å². The molecule has 80 valence electrons. The Labute approximate surface area is 87.7 Å². The Hall–Kier alpha value is -0.710. The van der Waals surface area contributed by atoms with E-state index in [1.807, 2.05) is 0 Å². The van der Waals surface area contributed by atoms with Crippen molar-refractivity contribution in [2.45, 2.75) is 24.5 Å². The summed E-state index contributed by atoms with van der Waals surface area (Å²) in [5.41, 5.74) is 0. The maximum Gasteiger partial charge on any atom is 0.394 e. The number of amides is 1. The second kappa shape index (κ2) is 5.24. The molecule has 1 heterocycles. The van der Waals surface area contributed by atoms with E-state index in [1.165, 1.54) is 4.90 Å². The third-order valence-electron chi connectivity index (χ3n) is 2.48. The highest BCUT2D eigenvalue weighted by Gasteiger charge is 2.24. The number of rotatable bonds is 1. The molecule has 0 aromatic heterocycles. The fourth-order valence-electron chi connectivity index (χ4n) is 1.64. The molecule has 0 bridgehead atoms. The van der Waals surface area contributed by atoms with Gasteiger partial charge in [0.15, 0.2) is 0 Å². The number of carboxylic acids is 1. The summed E-state index contributed by atoms with van der Waals surface area (Å²) < 4.78 is 0. The molecular weight excluding hydrogens is 202 g/mol. The van der Waals surface area contributed by atoms with E-state index in [1.54, 1.807) is 11.8 Å². The average molecular weight is 217 g/mol. The molecule has 0 aliphatic carbocycles. The Morgan fingerprint density at radius 3 is 2.64 bits per heavy atom. The highest BCUT2D eigenvalue weighted by Crippen LogP contribution is 2.21. The standard InChI is InChI=1S/C9H15NO3S/c1-14-7-3-2-5-10(6-4-7)8(11)9(12)13/h7H,2-6H2,1H3,(H,12,13). The van der Waals surface area contributed by atoms with Gasteiger partial charge >= 0.3 is 11.9 Å². The predicted molar refractivity (Wildman–Crippen MR) is 55.4 cm³/mol. The van der Waals surface area contributed by atoms with Crippen LogP contribution in [-0.2, 0) is 9.59 Å². The molecule has 0 aromatic rings. The minimum atomic E-state index is -1.34. The van der Waals surface area contributed by atoms with Gasteiger partial charge in [0, 0.05) is 18.3 Å². The lowest BCUT2D eigenvalue weighted by Crippen LogP contribution is -2.37. The molecule has 5 heteroatoms. The lowest BCUT2D eigenvalue weighted by molar-refractivity contribution is -0.155. The lowest BCUT2D eigenvalue weighted by Gasteiger charge is -2.17. The highest BCUT2D eigenvalue weighted by molar-refractivity contribution is 7.99. The van der Waals surface area contributed by atoms with Gasteiger partial charge in [-0.2, -0.15) is 11.8 Å². The summed E-state index contributed by atoms with van der Waals surface area (Å²) in [6.07, 6.45) is 4.94. The molecule has 1 aliphatic heterocycles. The Balaban J connectivity index is 2.49. The van der Waals surface area contributed by atoms with E-state index in [9.17, 15) is 9.59 Å². The molecule has 1 amide bonds. The van der Waals surface area contributed by atoms with E-state index in [4.69, 9.17) is 5.11 Å². The first kappa shape index (κ1) is 11.4. The summed E-state index contributed by atoms with van der Waals surface area (Å²) >= 11 is 1.80. The van der Waals surface area contributed by atoms with E-state index >= 15 is 0 Å². The molecule has 0 radical (unpaired) electrons. The summed E-state index contributed by atoms with van der Waals surface area (Å²) in [7, 11) is 0. The van der Waals surface area contributed by atoms with Crippen molar-refractivity contribution < 1.29 is 14.7 Å². The van der Waals surface area contributed by atoms with Crippen LogP contribution >= 0.6 is 11.8 Å². The quantitative estimate of drug-likeness (QED) is 0.660. The van der Waals surface area contributed by atoms with E-state index in [0.29, 0.717) is 18.3 Å². The van der Waals surface area contributed by atoms with Crippen molar-refractivity contribution in [2.24, 2.45) is 0 Å². The van der Waals surface area contributed by atoms with Gasteiger partial charge < -0.3 is 10.0 Å². The van der Waals surface area contributed by atoms with Crippen LogP contribution < -0.4 is 0 Å². The van der Waals surface area contributed by atoms with Crippen LogP contribution in [0.5, 0.6) is 0 Å². The predicted octanol–water partition coefficient (Wildman–Crippen LogP) is 0.815. The van der Waals surface area contributed by atoms with E-state index in [-0.39, 0.29) is 0 Å². The van der Waals surface area contributed by atoms with Crippen LogP contribution in [-0.4, -0.2) is 46.5 Å². The van der Waals surface area contributed by atoms with Gasteiger partial charge in [0.25, 0.3) is 0 Å². The summed E-state index contributed by atoms with van der Waals surface area (Å²) in [6.45, 7) is 1.17. The van der Waals surface area contributed by atoms with Crippen molar-refractivity contribution >= 4 is 23.6 Å². The lowest BCUT2D eigenvalue weighted by atomic mass is 10.2. The first-order valence-corrected chi connectivity index (χ1v) is 5.99. The third kappa shape index (κ3) is 2.90. The largest absolute Gasteiger partial charge is 0.474 e. The van der Waals surface area contributed by atoms with Crippen LogP contribution in [0.25, 0.3) is 0 Å². The van der Waals surface area contributed by atoms with Gasteiger partial charge in [0.1, 0.15) is 0 Å². The SMILES string of the molecule is CSC1CCCN(C(=O)C(=O)O)CC1. The second-order valence-corrected chi connectivity index (χ2v) is 4.52. The maximum atomic E-state index is 11.2. The zero-order valence-electron chi connectivity index (χ0n) is 8.23. The van der Waals surface area contributed by atoms with Crippen molar-refractivity contribution in [3.05, 3.63) is 0 Å². The fraction of sp³-hybridized carbons (Fsp3) is 0.778. The average Bonchev–Trinajstić information content (AvgIpc) is 2.41. The molecule has 1 fully saturated rings. The van der Waals surface area contributed by atoms with Crippen LogP contribution in [0.3, 0.4) is 0 Å². The van der Waals surface area contributed by atoms with Crippen LogP contribution in [0.15, 0.2) is 0 Å². The normalized spacial score (nSPS) is 22.9. The Morgan fingerprint density at radius 1 is 1.36 bits per heavy atom. The molecule has 1 rings (SSSR count). The molecule has 0 saturated carbocycles. The van der Waals surface area contributed by atoms with Crippen molar-refractivity contribution in [3.8, 4) is 0 Å². The molecule has 0 spiro atoms. The van der Waals surface area contributed by atoms with Crippen LogP contribution in [0, 0.1) is 0 Å². The number of hydrogen-bond donors (Lipinski definition) is 1. The Morgan fingerprint density at radius 2 is 2.07 bits per heavy atom. The van der Waals surface area contributed by atoms with Gasteiger partial charge in [0.2, 0.25) is 0 Å². The zero-order valence-corrected chi connectivity index (χ0v) is 9.05.